The predicted molar refractivity (Wildman–Crippen MR) is 58.9 cm³/mol. The molecule has 2 aromatic heterocycles. The molecule has 4 heteroatoms. The van der Waals surface area contributed by atoms with Gasteiger partial charge in [0, 0.05) is 30.7 Å². The molecule has 0 unspecified atom stereocenters. The number of hydrogen-bond acceptors (Lipinski definition) is 3. The molecule has 2 heterocycles. The van der Waals surface area contributed by atoms with E-state index in [0.29, 0.717) is 0 Å². The fourth-order valence-electron chi connectivity index (χ4n) is 1.51. The van der Waals surface area contributed by atoms with Crippen molar-refractivity contribution in [3.05, 3.63) is 42.0 Å². The van der Waals surface area contributed by atoms with Crippen molar-refractivity contribution in [2.24, 2.45) is 0 Å². The second kappa shape index (κ2) is 4.23. The molecule has 0 spiro atoms. The highest BCUT2D eigenvalue weighted by molar-refractivity contribution is 5.38. The Morgan fingerprint density at radius 2 is 2.27 bits per heavy atom. The highest BCUT2D eigenvalue weighted by atomic mass is 15.3. The number of aryl methyl sites for hydroxylation is 1. The maximum atomic E-state index is 4.29. The van der Waals surface area contributed by atoms with Crippen LogP contribution in [0.1, 0.15) is 11.1 Å². The number of hydrogen-bond donors (Lipinski definition) is 1. The Labute approximate surface area is 89.0 Å². The number of rotatable bonds is 3. The zero-order chi connectivity index (χ0) is 10.7. The van der Waals surface area contributed by atoms with E-state index >= 15 is 0 Å². The summed E-state index contributed by atoms with van der Waals surface area (Å²) in [7, 11) is 1.92. The van der Waals surface area contributed by atoms with Crippen molar-refractivity contribution in [1.29, 1.82) is 0 Å². The summed E-state index contributed by atoms with van der Waals surface area (Å²) in [6.07, 6.45) is 7.51. The minimum absolute atomic E-state index is 0.794. The quantitative estimate of drug-likeness (QED) is 0.815. The maximum absolute atomic E-state index is 4.29. The molecular formula is C11H14N4. The third kappa shape index (κ3) is 2.05. The fourth-order valence-corrected chi connectivity index (χ4v) is 1.51. The van der Waals surface area contributed by atoms with Crippen molar-refractivity contribution in [3.8, 4) is 5.69 Å². The average Bonchev–Trinajstić information content (AvgIpc) is 2.66. The summed E-state index contributed by atoms with van der Waals surface area (Å²) < 4.78 is 1.88. The molecule has 0 atom stereocenters. The van der Waals surface area contributed by atoms with Crippen LogP contribution >= 0.6 is 0 Å². The molecule has 4 nitrogen and oxygen atoms in total. The second-order valence-corrected chi connectivity index (χ2v) is 3.50. The first-order valence-corrected chi connectivity index (χ1v) is 4.90. The summed E-state index contributed by atoms with van der Waals surface area (Å²) in [5.41, 5.74) is 3.37. The Morgan fingerprint density at radius 1 is 1.40 bits per heavy atom. The summed E-state index contributed by atoms with van der Waals surface area (Å²) in [6.45, 7) is 2.82. The zero-order valence-electron chi connectivity index (χ0n) is 8.94. The largest absolute Gasteiger partial charge is 0.316 e. The van der Waals surface area contributed by atoms with E-state index in [1.807, 2.05) is 43.3 Å². The van der Waals surface area contributed by atoms with Gasteiger partial charge in [0.2, 0.25) is 0 Å². The molecule has 0 fully saturated rings. The molecule has 0 aliphatic rings. The second-order valence-electron chi connectivity index (χ2n) is 3.50. The van der Waals surface area contributed by atoms with Gasteiger partial charge in [-0.3, -0.25) is 4.98 Å². The van der Waals surface area contributed by atoms with Gasteiger partial charge in [-0.15, -0.1) is 0 Å². The van der Waals surface area contributed by atoms with Crippen LogP contribution in [0, 0.1) is 6.92 Å². The van der Waals surface area contributed by atoms with Gasteiger partial charge in [0.1, 0.15) is 0 Å². The van der Waals surface area contributed by atoms with Crippen LogP contribution in [-0.4, -0.2) is 21.8 Å². The lowest BCUT2D eigenvalue weighted by atomic mass is 10.2. The van der Waals surface area contributed by atoms with E-state index in [2.05, 4.69) is 15.4 Å². The van der Waals surface area contributed by atoms with E-state index in [1.165, 1.54) is 0 Å². The summed E-state index contributed by atoms with van der Waals surface area (Å²) in [5, 5.41) is 7.41. The normalized spacial score (nSPS) is 10.5. The molecule has 0 saturated heterocycles. The van der Waals surface area contributed by atoms with Crippen molar-refractivity contribution in [1.82, 2.24) is 20.1 Å². The predicted octanol–water partition coefficient (Wildman–Crippen LogP) is 1.30. The van der Waals surface area contributed by atoms with E-state index in [0.717, 1.165) is 23.4 Å². The number of aromatic nitrogens is 3. The van der Waals surface area contributed by atoms with Gasteiger partial charge in [0.15, 0.2) is 0 Å². The standard InChI is InChI=1S/C11H14N4/c1-9-5-14-15(8-9)11-3-4-13-7-10(11)6-12-2/h3-5,7-8,12H,6H2,1-2H3. The first kappa shape index (κ1) is 9.86. The van der Waals surface area contributed by atoms with Gasteiger partial charge in [0.05, 0.1) is 11.9 Å². The van der Waals surface area contributed by atoms with Gasteiger partial charge < -0.3 is 5.32 Å². The van der Waals surface area contributed by atoms with Gasteiger partial charge in [-0.1, -0.05) is 0 Å². The Balaban J connectivity index is 2.42. The molecule has 0 bridgehead atoms. The lowest BCUT2D eigenvalue weighted by Gasteiger charge is -2.07. The van der Waals surface area contributed by atoms with E-state index in [1.54, 1.807) is 6.20 Å². The van der Waals surface area contributed by atoms with Crippen LogP contribution in [0.3, 0.4) is 0 Å². The van der Waals surface area contributed by atoms with Gasteiger partial charge in [-0.25, -0.2) is 4.68 Å². The van der Waals surface area contributed by atoms with Crippen LogP contribution in [0.5, 0.6) is 0 Å². The molecule has 0 aromatic carbocycles. The van der Waals surface area contributed by atoms with Crippen LogP contribution in [0.2, 0.25) is 0 Å². The van der Waals surface area contributed by atoms with Crippen molar-refractivity contribution in [3.63, 3.8) is 0 Å². The molecule has 78 valence electrons. The highest BCUT2D eigenvalue weighted by Gasteiger charge is 2.04. The van der Waals surface area contributed by atoms with Crippen molar-refractivity contribution in [2.75, 3.05) is 7.05 Å². The van der Waals surface area contributed by atoms with Crippen LogP contribution in [0.25, 0.3) is 5.69 Å². The molecular weight excluding hydrogens is 188 g/mol. The maximum Gasteiger partial charge on any atom is 0.0721 e. The van der Waals surface area contributed by atoms with Gasteiger partial charge in [-0.05, 0) is 25.6 Å². The zero-order valence-corrected chi connectivity index (χ0v) is 8.94. The SMILES string of the molecule is CNCc1cnccc1-n1cc(C)cn1. The minimum Gasteiger partial charge on any atom is -0.316 e. The highest BCUT2D eigenvalue weighted by Crippen LogP contribution is 2.12. The lowest BCUT2D eigenvalue weighted by molar-refractivity contribution is 0.783. The Morgan fingerprint density at radius 3 is 2.93 bits per heavy atom. The Bertz CT molecular complexity index is 447. The summed E-state index contributed by atoms with van der Waals surface area (Å²) in [4.78, 5) is 4.12. The molecule has 2 rings (SSSR count). The molecule has 1 N–H and O–H groups in total. The third-order valence-corrected chi connectivity index (χ3v) is 2.20. The van der Waals surface area contributed by atoms with Crippen LogP contribution in [0.4, 0.5) is 0 Å². The van der Waals surface area contributed by atoms with E-state index < -0.39 is 0 Å². The fraction of sp³-hybridized carbons (Fsp3) is 0.273. The van der Waals surface area contributed by atoms with E-state index in [9.17, 15) is 0 Å². The van der Waals surface area contributed by atoms with Crippen molar-refractivity contribution >= 4 is 0 Å². The number of nitrogens with one attached hydrogen (secondary N) is 1. The first-order valence-electron chi connectivity index (χ1n) is 4.90. The smallest absolute Gasteiger partial charge is 0.0721 e. The summed E-state index contributed by atoms with van der Waals surface area (Å²) >= 11 is 0. The molecule has 0 saturated carbocycles. The van der Waals surface area contributed by atoms with Gasteiger partial charge in [-0.2, -0.15) is 5.10 Å². The molecule has 0 aliphatic carbocycles. The van der Waals surface area contributed by atoms with E-state index in [4.69, 9.17) is 0 Å². The van der Waals surface area contributed by atoms with Crippen LogP contribution in [-0.2, 0) is 6.54 Å². The third-order valence-electron chi connectivity index (χ3n) is 2.20. The molecule has 2 aromatic rings. The molecule has 0 radical (unpaired) electrons. The van der Waals surface area contributed by atoms with Crippen molar-refractivity contribution in [2.45, 2.75) is 13.5 Å². The van der Waals surface area contributed by atoms with Gasteiger partial charge in [0.25, 0.3) is 0 Å². The Kier molecular flexibility index (Phi) is 2.78. The first-order chi connectivity index (χ1) is 7.31. The average molecular weight is 202 g/mol. The minimum atomic E-state index is 0.794. The van der Waals surface area contributed by atoms with Crippen molar-refractivity contribution < 1.29 is 0 Å². The molecule has 0 aliphatic heterocycles. The summed E-state index contributed by atoms with van der Waals surface area (Å²) in [5.74, 6) is 0. The number of nitrogens with zero attached hydrogens (tertiary/aromatic N) is 3. The lowest BCUT2D eigenvalue weighted by Crippen LogP contribution is -2.09. The monoisotopic (exact) mass is 202 g/mol. The van der Waals surface area contributed by atoms with E-state index in [-0.39, 0.29) is 0 Å². The Hall–Kier alpha value is -1.68. The molecule has 15 heavy (non-hydrogen) atoms. The molecule has 0 amide bonds. The topological polar surface area (TPSA) is 42.7 Å². The number of pyridine rings is 1. The van der Waals surface area contributed by atoms with Gasteiger partial charge >= 0.3 is 0 Å². The van der Waals surface area contributed by atoms with Crippen LogP contribution in [0.15, 0.2) is 30.9 Å². The summed E-state index contributed by atoms with van der Waals surface area (Å²) in [6, 6.07) is 1.97. The van der Waals surface area contributed by atoms with Crippen LogP contribution < -0.4 is 5.32 Å².